The van der Waals surface area contributed by atoms with Crippen LogP contribution in [0.3, 0.4) is 0 Å². The maximum atomic E-state index is 13.2. The average molecular weight is 427 g/mol. The fourth-order valence-electron chi connectivity index (χ4n) is 3.28. The Bertz CT molecular complexity index is 1160. The third-order valence-electron chi connectivity index (χ3n) is 4.47. The molecule has 27 heavy (non-hydrogen) atoms. The van der Waals surface area contributed by atoms with Crippen molar-refractivity contribution >= 4 is 49.9 Å². The molecule has 2 amide bonds. The minimum atomic E-state index is -0.635. The predicted molar refractivity (Wildman–Crippen MR) is 102 cm³/mol. The van der Waals surface area contributed by atoms with E-state index in [0.717, 1.165) is 4.90 Å². The molecule has 0 aromatic heterocycles. The zero-order valence-electron chi connectivity index (χ0n) is 13.9. The summed E-state index contributed by atoms with van der Waals surface area (Å²) in [5.41, 5.74) is 0.435. The molecular weight excluding hydrogens is 416 g/mol. The Morgan fingerprint density at radius 2 is 1.74 bits per heavy atom. The Kier molecular flexibility index (Phi) is 3.92. The number of carbonyl (C=O) groups excluding carboxylic acids is 2. The van der Waals surface area contributed by atoms with Crippen LogP contribution in [0.25, 0.3) is 10.8 Å². The van der Waals surface area contributed by atoms with Crippen LogP contribution in [0.5, 0.6) is 5.75 Å². The van der Waals surface area contributed by atoms with E-state index >= 15 is 0 Å². The monoisotopic (exact) mass is 426 g/mol. The molecule has 0 N–H and O–H groups in total. The number of para-hydroxylation sites is 2. The number of halogens is 1. The van der Waals surface area contributed by atoms with Gasteiger partial charge in [0.25, 0.3) is 17.5 Å². The van der Waals surface area contributed by atoms with Gasteiger partial charge in [-0.15, -0.1) is 0 Å². The Hall–Kier alpha value is -3.26. The number of imide groups is 1. The molecule has 1 heterocycles. The summed E-state index contributed by atoms with van der Waals surface area (Å²) in [7, 11) is 1.44. The molecule has 1 aliphatic heterocycles. The average Bonchev–Trinajstić information content (AvgIpc) is 2.67. The van der Waals surface area contributed by atoms with Crippen LogP contribution in [0.15, 0.2) is 53.0 Å². The molecule has 0 atom stereocenters. The van der Waals surface area contributed by atoms with Gasteiger partial charge >= 0.3 is 0 Å². The van der Waals surface area contributed by atoms with Crippen molar-refractivity contribution < 1.29 is 19.2 Å². The second-order valence-electron chi connectivity index (χ2n) is 5.86. The van der Waals surface area contributed by atoms with Crippen molar-refractivity contribution in [1.82, 2.24) is 0 Å². The number of nitrogens with zero attached hydrogens (tertiary/aromatic N) is 2. The van der Waals surface area contributed by atoms with Crippen LogP contribution in [0, 0.1) is 10.1 Å². The number of carbonyl (C=O) groups is 2. The predicted octanol–water partition coefficient (Wildman–Crippen LogP) is 4.32. The number of nitro benzene ring substituents is 1. The molecule has 1 aliphatic rings. The van der Waals surface area contributed by atoms with Crippen LogP contribution in [0.2, 0.25) is 0 Å². The van der Waals surface area contributed by atoms with Crippen molar-refractivity contribution in [2.24, 2.45) is 0 Å². The standard InChI is InChI=1S/C19H11BrN2O5/c1-27-15-8-3-2-7-13(15)21-18(23)11-6-4-5-10-16(11)12(19(21)24)9-14(17(10)20)22(25)26/h2-9H,1H3. The van der Waals surface area contributed by atoms with E-state index in [0.29, 0.717) is 22.1 Å². The van der Waals surface area contributed by atoms with E-state index in [4.69, 9.17) is 4.74 Å². The highest BCUT2D eigenvalue weighted by molar-refractivity contribution is 9.10. The lowest BCUT2D eigenvalue weighted by Gasteiger charge is -2.28. The van der Waals surface area contributed by atoms with Gasteiger partial charge in [0.1, 0.15) is 10.2 Å². The zero-order valence-corrected chi connectivity index (χ0v) is 15.5. The molecule has 0 saturated heterocycles. The van der Waals surface area contributed by atoms with Gasteiger partial charge in [0, 0.05) is 22.4 Å². The summed E-state index contributed by atoms with van der Waals surface area (Å²) in [6, 6.07) is 12.7. The molecule has 0 saturated carbocycles. The van der Waals surface area contributed by atoms with Crippen molar-refractivity contribution in [3.05, 3.63) is 74.2 Å². The molecule has 0 unspecified atom stereocenters. The number of hydrogen-bond donors (Lipinski definition) is 0. The molecule has 0 spiro atoms. The molecular formula is C19H11BrN2O5. The van der Waals surface area contributed by atoms with Crippen LogP contribution in [0.1, 0.15) is 20.7 Å². The third-order valence-corrected chi connectivity index (χ3v) is 5.30. The third kappa shape index (κ3) is 2.41. The second kappa shape index (κ2) is 6.17. The number of nitro groups is 1. The summed E-state index contributed by atoms with van der Waals surface area (Å²) in [6.07, 6.45) is 0. The van der Waals surface area contributed by atoms with Crippen molar-refractivity contribution in [2.45, 2.75) is 0 Å². The first kappa shape index (κ1) is 17.2. The zero-order chi connectivity index (χ0) is 19.3. The highest BCUT2D eigenvalue weighted by atomic mass is 79.9. The fraction of sp³-hybridized carbons (Fsp3) is 0.0526. The number of hydrogen-bond acceptors (Lipinski definition) is 5. The van der Waals surface area contributed by atoms with Crippen LogP contribution < -0.4 is 9.64 Å². The van der Waals surface area contributed by atoms with Gasteiger partial charge in [-0.1, -0.05) is 24.3 Å². The number of anilines is 1. The summed E-state index contributed by atoms with van der Waals surface area (Å²) in [4.78, 5) is 38.1. The van der Waals surface area contributed by atoms with E-state index in [2.05, 4.69) is 15.9 Å². The normalized spacial score (nSPS) is 13.2. The van der Waals surface area contributed by atoms with Crippen LogP contribution in [0.4, 0.5) is 11.4 Å². The lowest BCUT2D eigenvalue weighted by atomic mass is 9.93. The first-order valence-corrected chi connectivity index (χ1v) is 8.66. The number of ether oxygens (including phenoxy) is 1. The lowest BCUT2D eigenvalue weighted by molar-refractivity contribution is -0.385. The van der Waals surface area contributed by atoms with Gasteiger partial charge in [-0.2, -0.15) is 0 Å². The van der Waals surface area contributed by atoms with Crippen LogP contribution in [-0.4, -0.2) is 23.8 Å². The van der Waals surface area contributed by atoms with Crippen molar-refractivity contribution in [1.29, 1.82) is 0 Å². The Morgan fingerprint density at radius 3 is 2.44 bits per heavy atom. The van der Waals surface area contributed by atoms with Gasteiger partial charge in [-0.25, -0.2) is 4.90 Å². The van der Waals surface area contributed by atoms with Crippen LogP contribution in [-0.2, 0) is 0 Å². The van der Waals surface area contributed by atoms with Gasteiger partial charge < -0.3 is 4.74 Å². The maximum absolute atomic E-state index is 13.2. The first-order chi connectivity index (χ1) is 13.0. The molecule has 7 nitrogen and oxygen atoms in total. The molecule has 3 aromatic carbocycles. The molecule has 0 bridgehead atoms. The minimum Gasteiger partial charge on any atom is -0.495 e. The van der Waals surface area contributed by atoms with Crippen molar-refractivity contribution in [3.8, 4) is 5.75 Å². The van der Waals surface area contributed by atoms with E-state index in [-0.39, 0.29) is 21.4 Å². The molecule has 0 aliphatic carbocycles. The Labute approximate surface area is 161 Å². The number of rotatable bonds is 3. The molecule has 0 radical (unpaired) electrons. The van der Waals surface area contributed by atoms with Gasteiger partial charge in [0.15, 0.2) is 0 Å². The number of methoxy groups -OCH3 is 1. The van der Waals surface area contributed by atoms with Crippen LogP contribution >= 0.6 is 15.9 Å². The largest absolute Gasteiger partial charge is 0.495 e. The fourth-order valence-corrected chi connectivity index (χ4v) is 3.87. The van der Waals surface area contributed by atoms with E-state index in [1.807, 2.05) is 0 Å². The molecule has 3 aromatic rings. The number of benzene rings is 3. The highest BCUT2D eigenvalue weighted by Gasteiger charge is 2.37. The Balaban J connectivity index is 2.05. The van der Waals surface area contributed by atoms with E-state index in [9.17, 15) is 19.7 Å². The summed E-state index contributed by atoms with van der Waals surface area (Å²) < 4.78 is 5.51. The van der Waals surface area contributed by atoms with E-state index < -0.39 is 16.7 Å². The maximum Gasteiger partial charge on any atom is 0.284 e. The van der Waals surface area contributed by atoms with Gasteiger partial charge in [-0.3, -0.25) is 19.7 Å². The van der Waals surface area contributed by atoms with Crippen molar-refractivity contribution in [3.63, 3.8) is 0 Å². The topological polar surface area (TPSA) is 89.8 Å². The highest BCUT2D eigenvalue weighted by Crippen LogP contribution is 2.42. The molecule has 8 heteroatoms. The summed E-state index contributed by atoms with van der Waals surface area (Å²) in [5.74, 6) is -0.798. The summed E-state index contributed by atoms with van der Waals surface area (Å²) in [5, 5.41) is 12.3. The minimum absolute atomic E-state index is 0.0982. The second-order valence-corrected chi connectivity index (χ2v) is 6.65. The quantitative estimate of drug-likeness (QED) is 0.353. The first-order valence-electron chi connectivity index (χ1n) is 7.87. The van der Waals surface area contributed by atoms with E-state index in [1.165, 1.54) is 13.2 Å². The smallest absolute Gasteiger partial charge is 0.284 e. The lowest BCUT2D eigenvalue weighted by Crippen LogP contribution is -2.40. The summed E-state index contributed by atoms with van der Waals surface area (Å²) in [6.45, 7) is 0. The summed E-state index contributed by atoms with van der Waals surface area (Å²) >= 11 is 3.23. The van der Waals surface area contributed by atoms with Crippen molar-refractivity contribution in [2.75, 3.05) is 12.0 Å². The Morgan fingerprint density at radius 1 is 1.04 bits per heavy atom. The van der Waals surface area contributed by atoms with E-state index in [1.54, 1.807) is 42.5 Å². The SMILES string of the molecule is COc1ccccc1N1C(=O)c2cccc3c(Br)c([N+](=O)[O-])cc(c23)C1=O. The molecule has 0 fully saturated rings. The molecule has 4 rings (SSSR count). The van der Waals surface area contributed by atoms with Gasteiger partial charge in [-0.05, 0) is 34.1 Å². The number of amides is 2. The van der Waals surface area contributed by atoms with Gasteiger partial charge in [0.2, 0.25) is 0 Å². The van der Waals surface area contributed by atoms with Gasteiger partial charge in [0.05, 0.1) is 23.3 Å². The molecule has 134 valence electrons.